The summed E-state index contributed by atoms with van der Waals surface area (Å²) in [5.41, 5.74) is -2.47. The summed E-state index contributed by atoms with van der Waals surface area (Å²) in [5.74, 6) is -2.11. The Morgan fingerprint density at radius 3 is 2.62 bits per heavy atom. The van der Waals surface area contributed by atoms with Crippen molar-refractivity contribution in [3.63, 3.8) is 0 Å². The molecule has 5 aliphatic rings. The molecule has 0 radical (unpaired) electrons. The number of carbonyl (C=O) groups is 2. The van der Waals surface area contributed by atoms with Crippen LogP contribution in [0.2, 0.25) is 0 Å². The van der Waals surface area contributed by atoms with Crippen LogP contribution >= 0.6 is 0 Å². The Labute approximate surface area is 170 Å². The molecule has 5 rings (SSSR count). The van der Waals surface area contributed by atoms with Crippen LogP contribution in [0, 0.1) is 39.9 Å². The van der Waals surface area contributed by atoms with E-state index in [0.717, 1.165) is 12.8 Å². The molecule has 11 atom stereocenters. The van der Waals surface area contributed by atoms with E-state index in [-0.39, 0.29) is 23.0 Å². The fraction of sp³-hybridized carbons (Fsp3) is 0.909. The van der Waals surface area contributed by atoms with E-state index in [9.17, 15) is 24.9 Å². The SMILES string of the molecule is CC(=O)OC1CC2C(C)C(=O)C3(C(O)CC4C5(C)CCCC4(C(O)OC5)C13)C2O. The average Bonchev–Trinajstić information content (AvgIpc) is 2.76. The van der Waals surface area contributed by atoms with Gasteiger partial charge in [0.05, 0.1) is 24.2 Å². The molecular formula is C22H32O7. The van der Waals surface area contributed by atoms with Crippen molar-refractivity contribution in [2.75, 3.05) is 6.61 Å². The number of fused-ring (bicyclic) bond motifs is 1. The zero-order chi connectivity index (χ0) is 20.9. The van der Waals surface area contributed by atoms with Crippen molar-refractivity contribution < 1.29 is 34.4 Å². The molecule has 1 saturated heterocycles. The van der Waals surface area contributed by atoms with E-state index in [0.29, 0.717) is 25.9 Å². The van der Waals surface area contributed by atoms with E-state index in [1.807, 2.05) is 0 Å². The van der Waals surface area contributed by atoms with Gasteiger partial charge in [-0.15, -0.1) is 0 Å². The van der Waals surface area contributed by atoms with Crippen LogP contribution in [-0.2, 0) is 19.1 Å². The minimum atomic E-state index is -1.42. The van der Waals surface area contributed by atoms with Crippen molar-refractivity contribution >= 4 is 11.8 Å². The highest BCUT2D eigenvalue weighted by molar-refractivity contribution is 5.92. The number of rotatable bonds is 1. The lowest BCUT2D eigenvalue weighted by Crippen LogP contribution is -2.75. The van der Waals surface area contributed by atoms with Gasteiger partial charge in [0, 0.05) is 24.2 Å². The van der Waals surface area contributed by atoms with Gasteiger partial charge in [-0.2, -0.15) is 0 Å². The molecule has 4 saturated carbocycles. The summed E-state index contributed by atoms with van der Waals surface area (Å²) in [6, 6.07) is 0. The summed E-state index contributed by atoms with van der Waals surface area (Å²) in [4.78, 5) is 25.6. The first-order chi connectivity index (χ1) is 13.6. The fourth-order valence-corrected chi connectivity index (χ4v) is 8.57. The molecule has 7 heteroatoms. The molecule has 7 nitrogen and oxygen atoms in total. The summed E-state index contributed by atoms with van der Waals surface area (Å²) in [6.45, 7) is 5.68. The van der Waals surface area contributed by atoms with Gasteiger partial charge >= 0.3 is 5.97 Å². The van der Waals surface area contributed by atoms with Crippen molar-refractivity contribution in [1.29, 1.82) is 0 Å². The number of carbonyl (C=O) groups excluding carboxylic acids is 2. The Kier molecular flexibility index (Phi) is 4.14. The molecule has 162 valence electrons. The second kappa shape index (κ2) is 6.02. The highest BCUT2D eigenvalue weighted by Crippen LogP contribution is 2.73. The van der Waals surface area contributed by atoms with Crippen LogP contribution < -0.4 is 0 Å². The lowest BCUT2D eigenvalue weighted by Gasteiger charge is -2.70. The van der Waals surface area contributed by atoms with Gasteiger partial charge in [0.25, 0.3) is 0 Å². The first kappa shape index (κ1) is 19.9. The van der Waals surface area contributed by atoms with Gasteiger partial charge in [-0.1, -0.05) is 20.3 Å². The molecule has 0 aromatic heterocycles. The number of Topliss-reactive ketones (excluding diaryl/α,β-unsaturated/α-hetero) is 1. The predicted octanol–water partition coefficient (Wildman–Crippen LogP) is 1.03. The average molecular weight is 408 g/mol. The first-order valence-corrected chi connectivity index (χ1v) is 11.0. The molecule has 0 aromatic carbocycles. The van der Waals surface area contributed by atoms with E-state index in [1.165, 1.54) is 6.92 Å². The summed E-state index contributed by atoms with van der Waals surface area (Å²) in [6.07, 6.45) is -0.640. The molecule has 4 aliphatic carbocycles. The molecular weight excluding hydrogens is 376 g/mol. The Balaban J connectivity index is 1.75. The molecule has 5 fully saturated rings. The number of hydrogen-bond donors (Lipinski definition) is 3. The predicted molar refractivity (Wildman–Crippen MR) is 100 cm³/mol. The molecule has 1 spiro atoms. The highest BCUT2D eigenvalue weighted by Gasteiger charge is 2.80. The largest absolute Gasteiger partial charge is 0.462 e. The van der Waals surface area contributed by atoms with Gasteiger partial charge in [0.1, 0.15) is 11.9 Å². The van der Waals surface area contributed by atoms with Gasteiger partial charge in [-0.05, 0) is 42.9 Å². The van der Waals surface area contributed by atoms with Crippen molar-refractivity contribution in [1.82, 2.24) is 0 Å². The standard InChI is InChI=1S/C22H32O7/c1-10-12-7-13(29-11(2)23)16-21-6-4-5-20(3,9-28-19(21)27)14(21)8-15(24)22(16,17(10)25)18(12)26/h10,12-16,18-19,24,26-27H,4-9H2,1-3H3. The number of ketones is 1. The number of aliphatic hydroxyl groups excluding tert-OH is 3. The third kappa shape index (κ3) is 2.13. The number of aliphatic hydroxyl groups is 3. The zero-order valence-corrected chi connectivity index (χ0v) is 17.3. The van der Waals surface area contributed by atoms with Crippen LogP contribution in [-0.4, -0.2) is 58.3 Å². The molecule has 4 bridgehead atoms. The van der Waals surface area contributed by atoms with E-state index in [1.54, 1.807) is 6.92 Å². The maximum absolute atomic E-state index is 13.6. The van der Waals surface area contributed by atoms with Gasteiger partial charge in [-0.3, -0.25) is 9.59 Å². The first-order valence-electron chi connectivity index (χ1n) is 11.0. The van der Waals surface area contributed by atoms with Gasteiger partial charge < -0.3 is 24.8 Å². The molecule has 3 N–H and O–H groups in total. The maximum atomic E-state index is 13.6. The Morgan fingerprint density at radius 1 is 1.21 bits per heavy atom. The lowest BCUT2D eigenvalue weighted by molar-refractivity contribution is -0.357. The van der Waals surface area contributed by atoms with Crippen molar-refractivity contribution in [3.8, 4) is 0 Å². The summed E-state index contributed by atoms with van der Waals surface area (Å²) >= 11 is 0. The van der Waals surface area contributed by atoms with Crippen LogP contribution in [0.1, 0.15) is 52.9 Å². The molecule has 11 unspecified atom stereocenters. The Hall–Kier alpha value is -1.02. The highest BCUT2D eigenvalue weighted by atomic mass is 16.6. The molecule has 1 heterocycles. The second-order valence-corrected chi connectivity index (χ2v) is 10.6. The third-order valence-corrected chi connectivity index (χ3v) is 9.55. The van der Waals surface area contributed by atoms with E-state index in [4.69, 9.17) is 9.47 Å². The summed E-state index contributed by atoms with van der Waals surface area (Å²) < 4.78 is 11.7. The third-order valence-electron chi connectivity index (χ3n) is 9.55. The summed E-state index contributed by atoms with van der Waals surface area (Å²) in [5, 5.41) is 34.0. The Bertz CT molecular complexity index is 753. The fourth-order valence-electron chi connectivity index (χ4n) is 8.57. The molecule has 0 amide bonds. The van der Waals surface area contributed by atoms with Crippen LogP contribution in [0.5, 0.6) is 0 Å². The van der Waals surface area contributed by atoms with Crippen LogP contribution in [0.15, 0.2) is 0 Å². The maximum Gasteiger partial charge on any atom is 0.302 e. The van der Waals surface area contributed by atoms with E-state index >= 15 is 0 Å². The minimum Gasteiger partial charge on any atom is -0.462 e. The van der Waals surface area contributed by atoms with Crippen molar-refractivity contribution in [3.05, 3.63) is 0 Å². The van der Waals surface area contributed by atoms with Gasteiger partial charge in [0.15, 0.2) is 6.29 Å². The van der Waals surface area contributed by atoms with E-state index < -0.39 is 53.2 Å². The number of hydrogen-bond acceptors (Lipinski definition) is 7. The number of ether oxygens (including phenoxy) is 2. The molecule has 1 aliphatic heterocycles. The zero-order valence-electron chi connectivity index (χ0n) is 17.3. The van der Waals surface area contributed by atoms with E-state index in [2.05, 4.69) is 6.92 Å². The second-order valence-electron chi connectivity index (χ2n) is 10.6. The smallest absolute Gasteiger partial charge is 0.302 e. The quantitative estimate of drug-likeness (QED) is 0.555. The number of esters is 1. The van der Waals surface area contributed by atoms with Crippen LogP contribution in [0.25, 0.3) is 0 Å². The lowest BCUT2D eigenvalue weighted by atomic mass is 9.37. The summed E-state index contributed by atoms with van der Waals surface area (Å²) in [7, 11) is 0. The van der Waals surface area contributed by atoms with Crippen molar-refractivity contribution in [2.45, 2.75) is 77.5 Å². The monoisotopic (exact) mass is 408 g/mol. The van der Waals surface area contributed by atoms with Gasteiger partial charge in [0.2, 0.25) is 0 Å². The minimum absolute atomic E-state index is 0.0661. The Morgan fingerprint density at radius 2 is 1.93 bits per heavy atom. The van der Waals surface area contributed by atoms with Crippen LogP contribution in [0.4, 0.5) is 0 Å². The molecule has 0 aromatic rings. The molecule has 29 heavy (non-hydrogen) atoms. The van der Waals surface area contributed by atoms with Gasteiger partial charge in [-0.25, -0.2) is 0 Å². The normalized spacial score (nSPS) is 58.3. The topological polar surface area (TPSA) is 113 Å². The van der Waals surface area contributed by atoms with Crippen molar-refractivity contribution in [2.24, 2.45) is 39.9 Å². The van der Waals surface area contributed by atoms with Crippen LogP contribution in [0.3, 0.4) is 0 Å².